The Morgan fingerprint density at radius 2 is 2.07 bits per heavy atom. The molecule has 1 atom stereocenters. The smallest absolute Gasteiger partial charge is 0.231 e. The van der Waals surface area contributed by atoms with E-state index in [1.165, 1.54) is 17.4 Å². The number of sulfone groups is 1. The van der Waals surface area contributed by atoms with E-state index in [9.17, 15) is 18.0 Å². The summed E-state index contributed by atoms with van der Waals surface area (Å²) in [6.07, 6.45) is 2.17. The molecule has 0 radical (unpaired) electrons. The third kappa shape index (κ3) is 4.08. The van der Waals surface area contributed by atoms with Crippen molar-refractivity contribution in [3.05, 3.63) is 48.0 Å². The van der Waals surface area contributed by atoms with E-state index in [2.05, 4.69) is 17.2 Å². The van der Waals surface area contributed by atoms with Gasteiger partial charge in [-0.1, -0.05) is 30.4 Å². The number of amides is 2. The quantitative estimate of drug-likeness (QED) is 0.653. The van der Waals surface area contributed by atoms with Crippen LogP contribution in [0.15, 0.2) is 47.4 Å². The number of rotatable bonds is 5. The number of anilines is 2. The summed E-state index contributed by atoms with van der Waals surface area (Å²) in [6, 6.07) is 12.5. The van der Waals surface area contributed by atoms with Crippen LogP contribution in [0.1, 0.15) is 18.9 Å². The lowest BCUT2D eigenvalue weighted by Crippen LogP contribution is -2.28. The van der Waals surface area contributed by atoms with Crippen molar-refractivity contribution in [1.82, 2.24) is 4.98 Å². The lowest BCUT2D eigenvalue weighted by Gasteiger charge is -2.17. The minimum Gasteiger partial charge on any atom is -0.312 e. The van der Waals surface area contributed by atoms with Crippen LogP contribution in [0, 0.1) is 5.92 Å². The molecule has 1 aliphatic heterocycles. The van der Waals surface area contributed by atoms with Gasteiger partial charge in [0.1, 0.15) is 0 Å². The largest absolute Gasteiger partial charge is 0.312 e. The number of nitrogens with one attached hydrogen (secondary N) is 1. The highest BCUT2D eigenvalue weighted by atomic mass is 32.2. The average molecular weight is 444 g/mol. The maximum absolute atomic E-state index is 12.7. The number of carbonyl (C=O) groups is 2. The maximum Gasteiger partial charge on any atom is 0.231 e. The van der Waals surface area contributed by atoms with Crippen molar-refractivity contribution in [3.63, 3.8) is 0 Å². The van der Waals surface area contributed by atoms with Gasteiger partial charge in [0.15, 0.2) is 15.0 Å². The second-order valence-corrected chi connectivity index (χ2v) is 10.4. The monoisotopic (exact) mass is 443 g/mol. The van der Waals surface area contributed by atoms with Gasteiger partial charge >= 0.3 is 0 Å². The van der Waals surface area contributed by atoms with E-state index in [4.69, 9.17) is 0 Å². The Kier molecular flexibility index (Phi) is 5.33. The number of benzene rings is 2. The van der Waals surface area contributed by atoms with Crippen LogP contribution in [-0.4, -0.2) is 38.0 Å². The molecule has 1 unspecified atom stereocenters. The summed E-state index contributed by atoms with van der Waals surface area (Å²) in [5.41, 5.74) is 2.56. The zero-order valence-corrected chi connectivity index (χ0v) is 18.2. The molecular weight excluding hydrogens is 422 g/mol. The second kappa shape index (κ2) is 7.81. The van der Waals surface area contributed by atoms with E-state index in [1.54, 1.807) is 17.0 Å². The molecule has 30 heavy (non-hydrogen) atoms. The first-order valence-corrected chi connectivity index (χ1v) is 12.3. The predicted molar refractivity (Wildman–Crippen MR) is 118 cm³/mol. The summed E-state index contributed by atoms with van der Waals surface area (Å²) in [5.74, 6) is -0.813. The molecule has 0 bridgehead atoms. The van der Waals surface area contributed by atoms with E-state index >= 15 is 0 Å². The zero-order chi connectivity index (χ0) is 21.5. The average Bonchev–Trinajstić information content (AvgIpc) is 3.29. The second-order valence-electron chi connectivity index (χ2n) is 7.34. The molecule has 0 aliphatic carbocycles. The van der Waals surface area contributed by atoms with E-state index in [1.807, 2.05) is 24.3 Å². The van der Waals surface area contributed by atoms with Crippen molar-refractivity contribution < 1.29 is 18.0 Å². The first-order valence-electron chi connectivity index (χ1n) is 9.55. The van der Waals surface area contributed by atoms with Crippen molar-refractivity contribution >= 4 is 54.0 Å². The number of fused-ring (bicyclic) bond motifs is 1. The van der Waals surface area contributed by atoms with Crippen LogP contribution < -0.4 is 10.2 Å². The van der Waals surface area contributed by atoms with E-state index in [0.29, 0.717) is 21.9 Å². The number of nitrogens with zero attached hydrogens (tertiary/aromatic N) is 2. The Labute approximate surface area is 178 Å². The van der Waals surface area contributed by atoms with Crippen LogP contribution in [0.5, 0.6) is 0 Å². The van der Waals surface area contributed by atoms with Crippen LogP contribution in [0.25, 0.3) is 10.2 Å². The van der Waals surface area contributed by atoms with Crippen LogP contribution >= 0.6 is 11.3 Å². The van der Waals surface area contributed by atoms with E-state index < -0.39 is 15.8 Å². The Morgan fingerprint density at radius 3 is 2.80 bits per heavy atom. The summed E-state index contributed by atoms with van der Waals surface area (Å²) < 4.78 is 24.1. The minimum atomic E-state index is -3.32. The van der Waals surface area contributed by atoms with Crippen LogP contribution in [0.2, 0.25) is 0 Å². The lowest BCUT2D eigenvalue weighted by molar-refractivity contribution is -0.122. The standard InChI is InChI=1S/C21H21N3O4S2/c1-3-13-5-4-6-15(9-13)24-12-14(10-19(24)25)20(26)23-21-22-17-8-7-16(30(2,27)28)11-18(17)29-21/h4-9,11,14H,3,10,12H2,1-2H3,(H,22,23,26). The highest BCUT2D eigenvalue weighted by Gasteiger charge is 2.35. The van der Waals surface area contributed by atoms with E-state index in [-0.39, 0.29) is 23.1 Å². The molecule has 1 aliphatic rings. The van der Waals surface area contributed by atoms with Gasteiger partial charge in [0, 0.05) is 24.9 Å². The van der Waals surface area contributed by atoms with E-state index in [0.717, 1.165) is 23.9 Å². The molecular formula is C21H21N3O4S2. The molecule has 3 aromatic rings. The summed E-state index contributed by atoms with van der Waals surface area (Å²) >= 11 is 1.21. The summed E-state index contributed by atoms with van der Waals surface area (Å²) in [5, 5.41) is 3.18. The normalized spacial score (nSPS) is 16.9. The molecule has 7 nitrogen and oxygen atoms in total. The van der Waals surface area contributed by atoms with Crippen molar-refractivity contribution in [1.29, 1.82) is 0 Å². The van der Waals surface area contributed by atoms with Gasteiger partial charge in [0.05, 0.1) is 21.0 Å². The lowest BCUT2D eigenvalue weighted by atomic mass is 10.1. The summed E-state index contributed by atoms with van der Waals surface area (Å²) in [4.78, 5) is 31.5. The molecule has 0 spiro atoms. The van der Waals surface area contributed by atoms with Crippen molar-refractivity contribution in [3.8, 4) is 0 Å². The van der Waals surface area contributed by atoms with Gasteiger partial charge in [0.25, 0.3) is 0 Å². The summed E-state index contributed by atoms with van der Waals surface area (Å²) in [7, 11) is -3.32. The van der Waals surface area contributed by atoms with Gasteiger partial charge in [-0.2, -0.15) is 0 Å². The topological polar surface area (TPSA) is 96.4 Å². The molecule has 2 amide bonds. The number of carbonyl (C=O) groups excluding carboxylic acids is 2. The third-order valence-electron chi connectivity index (χ3n) is 5.14. The van der Waals surface area contributed by atoms with Crippen molar-refractivity contribution in [2.24, 2.45) is 5.92 Å². The Morgan fingerprint density at radius 1 is 1.27 bits per heavy atom. The van der Waals surface area contributed by atoms with Crippen molar-refractivity contribution in [2.45, 2.75) is 24.7 Å². The highest BCUT2D eigenvalue weighted by Crippen LogP contribution is 2.30. The molecule has 9 heteroatoms. The van der Waals surface area contributed by atoms with Crippen molar-refractivity contribution in [2.75, 3.05) is 23.0 Å². The first-order chi connectivity index (χ1) is 14.2. The molecule has 156 valence electrons. The Balaban J connectivity index is 1.49. The molecule has 1 aromatic heterocycles. The van der Waals surface area contributed by atoms with Crippen LogP contribution in [0.3, 0.4) is 0 Å². The number of aryl methyl sites for hydroxylation is 1. The fourth-order valence-corrected chi connectivity index (χ4v) is 5.10. The zero-order valence-electron chi connectivity index (χ0n) is 16.6. The highest BCUT2D eigenvalue weighted by molar-refractivity contribution is 7.90. The molecule has 1 fully saturated rings. The molecule has 4 rings (SSSR count). The number of thiazole rings is 1. The fourth-order valence-electron chi connectivity index (χ4n) is 3.47. The Bertz CT molecular complexity index is 1250. The van der Waals surface area contributed by atoms with Gasteiger partial charge in [-0.3, -0.25) is 9.59 Å². The van der Waals surface area contributed by atoms with Crippen LogP contribution in [0.4, 0.5) is 10.8 Å². The van der Waals surface area contributed by atoms with Gasteiger partial charge in [-0.15, -0.1) is 0 Å². The number of hydrogen-bond donors (Lipinski definition) is 1. The van der Waals surface area contributed by atoms with Gasteiger partial charge < -0.3 is 10.2 Å². The third-order valence-corrected chi connectivity index (χ3v) is 7.19. The van der Waals surface area contributed by atoms with Gasteiger partial charge in [-0.25, -0.2) is 13.4 Å². The maximum atomic E-state index is 12.7. The summed E-state index contributed by atoms with van der Waals surface area (Å²) in [6.45, 7) is 2.37. The molecule has 2 heterocycles. The SMILES string of the molecule is CCc1cccc(N2CC(C(=O)Nc3nc4ccc(S(C)(=O)=O)cc4s3)CC2=O)c1. The molecule has 1 N–H and O–H groups in total. The first kappa shape index (κ1) is 20.5. The van der Waals surface area contributed by atoms with Crippen LogP contribution in [-0.2, 0) is 25.8 Å². The molecule has 1 saturated heterocycles. The number of aromatic nitrogens is 1. The predicted octanol–water partition coefficient (Wildman–Crippen LogP) is 3.25. The fraction of sp³-hybridized carbons (Fsp3) is 0.286. The molecule has 2 aromatic carbocycles. The Hall–Kier alpha value is -2.78. The number of hydrogen-bond acceptors (Lipinski definition) is 6. The molecule has 0 saturated carbocycles. The van der Waals surface area contributed by atoms with Gasteiger partial charge in [-0.05, 0) is 42.3 Å². The minimum absolute atomic E-state index is 0.0782. The van der Waals surface area contributed by atoms with Gasteiger partial charge in [0.2, 0.25) is 11.8 Å².